The van der Waals surface area contributed by atoms with Crippen molar-refractivity contribution in [2.24, 2.45) is 11.8 Å². The Kier molecular flexibility index (Phi) is 4.20. The number of imidazole rings is 2. The second-order valence-electron chi connectivity index (χ2n) is 7.08. The zero-order valence-corrected chi connectivity index (χ0v) is 14.1. The van der Waals surface area contributed by atoms with Gasteiger partial charge in [-0.3, -0.25) is 9.20 Å². The van der Waals surface area contributed by atoms with Gasteiger partial charge < -0.3 is 5.32 Å². The van der Waals surface area contributed by atoms with E-state index in [1.807, 2.05) is 34.1 Å². The molecule has 0 saturated heterocycles. The van der Waals surface area contributed by atoms with Gasteiger partial charge in [-0.2, -0.15) is 13.2 Å². The molecule has 0 unspecified atom stereocenters. The van der Waals surface area contributed by atoms with Crippen LogP contribution < -0.4 is 5.32 Å². The topological polar surface area (TPSA) is 59.3 Å². The van der Waals surface area contributed by atoms with E-state index in [0.29, 0.717) is 5.92 Å². The first-order valence-corrected chi connectivity index (χ1v) is 8.81. The summed E-state index contributed by atoms with van der Waals surface area (Å²) in [6.45, 7) is 0.0979. The molecule has 4 rings (SSSR count). The monoisotopic (exact) mass is 364 g/mol. The van der Waals surface area contributed by atoms with Crippen molar-refractivity contribution in [2.75, 3.05) is 6.54 Å². The summed E-state index contributed by atoms with van der Waals surface area (Å²) in [7, 11) is 0. The number of halogens is 3. The molecule has 8 heteroatoms. The Bertz CT molecular complexity index is 912. The SMILES string of the molecule is O=C(NCC1CCC(Cc2nc3cccc4ncc2n43)CC1)C(F)(F)F. The maximum Gasteiger partial charge on any atom is 0.471 e. The summed E-state index contributed by atoms with van der Waals surface area (Å²) in [5.74, 6) is -1.27. The normalized spacial score (nSPS) is 21.5. The molecule has 1 aliphatic rings. The summed E-state index contributed by atoms with van der Waals surface area (Å²) in [6, 6.07) is 5.85. The fraction of sp³-hybridized carbons (Fsp3) is 0.500. The van der Waals surface area contributed by atoms with Gasteiger partial charge in [0.05, 0.1) is 17.4 Å². The zero-order chi connectivity index (χ0) is 18.3. The van der Waals surface area contributed by atoms with Gasteiger partial charge in [-0.05, 0) is 56.1 Å². The zero-order valence-electron chi connectivity index (χ0n) is 14.1. The third-order valence-electron chi connectivity index (χ3n) is 5.31. The van der Waals surface area contributed by atoms with Gasteiger partial charge in [0.2, 0.25) is 0 Å². The third kappa shape index (κ3) is 3.20. The lowest BCUT2D eigenvalue weighted by Gasteiger charge is -2.28. The minimum atomic E-state index is -4.80. The highest BCUT2D eigenvalue weighted by molar-refractivity contribution is 5.81. The second-order valence-corrected chi connectivity index (χ2v) is 7.08. The molecular weight excluding hydrogens is 345 g/mol. The maximum atomic E-state index is 12.2. The molecule has 0 spiro atoms. The highest BCUT2D eigenvalue weighted by Gasteiger charge is 2.38. The molecule has 1 saturated carbocycles. The van der Waals surface area contributed by atoms with Gasteiger partial charge in [0.15, 0.2) is 0 Å². The Morgan fingerprint density at radius 3 is 2.58 bits per heavy atom. The minimum absolute atomic E-state index is 0.0979. The van der Waals surface area contributed by atoms with Crippen molar-refractivity contribution in [1.29, 1.82) is 0 Å². The second kappa shape index (κ2) is 6.41. The van der Waals surface area contributed by atoms with E-state index in [-0.39, 0.29) is 12.5 Å². The molecule has 0 aliphatic heterocycles. The standard InChI is InChI=1S/C18H19F3N4O/c19-18(20,21)17(26)23-9-12-6-4-11(5-7-12)8-13-14-10-22-15-2-1-3-16(24-13)25(14)15/h1-3,10-12H,4-9H2,(H,23,26). The summed E-state index contributed by atoms with van der Waals surface area (Å²) >= 11 is 0. The molecule has 0 bridgehead atoms. The van der Waals surface area contributed by atoms with E-state index in [1.54, 1.807) is 0 Å². The Morgan fingerprint density at radius 2 is 1.85 bits per heavy atom. The van der Waals surface area contributed by atoms with Crippen molar-refractivity contribution in [2.45, 2.75) is 38.3 Å². The van der Waals surface area contributed by atoms with Crippen LogP contribution in [-0.2, 0) is 11.2 Å². The lowest BCUT2D eigenvalue weighted by atomic mass is 9.80. The van der Waals surface area contributed by atoms with Crippen LogP contribution in [0.2, 0.25) is 0 Å². The highest BCUT2D eigenvalue weighted by Crippen LogP contribution is 2.32. The van der Waals surface area contributed by atoms with Gasteiger partial charge in [0, 0.05) is 6.54 Å². The maximum absolute atomic E-state index is 12.2. The van der Waals surface area contributed by atoms with E-state index in [1.165, 1.54) is 0 Å². The molecule has 3 heterocycles. The number of carbonyl (C=O) groups excluding carboxylic acids is 1. The van der Waals surface area contributed by atoms with Crippen molar-refractivity contribution in [3.05, 3.63) is 30.1 Å². The summed E-state index contributed by atoms with van der Waals surface area (Å²) in [6.07, 6.45) is 1.42. The van der Waals surface area contributed by atoms with E-state index < -0.39 is 12.1 Å². The molecule has 0 radical (unpaired) electrons. The van der Waals surface area contributed by atoms with Crippen molar-refractivity contribution in [3.8, 4) is 0 Å². The average Bonchev–Trinajstić information content (AvgIpc) is 3.19. The van der Waals surface area contributed by atoms with E-state index in [2.05, 4.69) is 4.98 Å². The molecule has 1 aliphatic carbocycles. The third-order valence-corrected chi connectivity index (χ3v) is 5.31. The lowest BCUT2D eigenvalue weighted by molar-refractivity contribution is -0.173. The number of amides is 1. The first-order valence-electron chi connectivity index (χ1n) is 8.81. The van der Waals surface area contributed by atoms with Crippen LogP contribution in [0.25, 0.3) is 16.8 Å². The van der Waals surface area contributed by atoms with Crippen LogP contribution >= 0.6 is 0 Å². The largest absolute Gasteiger partial charge is 0.471 e. The van der Waals surface area contributed by atoms with Crippen LogP contribution in [0.5, 0.6) is 0 Å². The number of rotatable bonds is 4. The van der Waals surface area contributed by atoms with Crippen molar-refractivity contribution in [3.63, 3.8) is 0 Å². The van der Waals surface area contributed by atoms with Crippen molar-refractivity contribution in [1.82, 2.24) is 19.7 Å². The van der Waals surface area contributed by atoms with Crippen molar-refractivity contribution < 1.29 is 18.0 Å². The van der Waals surface area contributed by atoms with Gasteiger partial charge in [0.1, 0.15) is 11.3 Å². The van der Waals surface area contributed by atoms with Crippen LogP contribution in [0.15, 0.2) is 24.4 Å². The number of hydrogen-bond donors (Lipinski definition) is 1. The van der Waals surface area contributed by atoms with Gasteiger partial charge in [-0.25, -0.2) is 9.97 Å². The predicted molar refractivity (Wildman–Crippen MR) is 89.9 cm³/mol. The first-order chi connectivity index (χ1) is 12.4. The van der Waals surface area contributed by atoms with Crippen molar-refractivity contribution >= 4 is 22.7 Å². The highest BCUT2D eigenvalue weighted by atomic mass is 19.4. The van der Waals surface area contributed by atoms with E-state index in [4.69, 9.17) is 4.98 Å². The molecule has 0 aromatic carbocycles. The smallest absolute Gasteiger partial charge is 0.348 e. The average molecular weight is 364 g/mol. The summed E-state index contributed by atoms with van der Waals surface area (Å²) in [4.78, 5) is 20.0. The molecule has 1 amide bonds. The molecule has 0 atom stereocenters. The molecular formula is C18H19F3N4O. The number of nitrogens with zero attached hydrogens (tertiary/aromatic N) is 3. The number of carbonyl (C=O) groups is 1. The summed E-state index contributed by atoms with van der Waals surface area (Å²) in [5.41, 5.74) is 3.86. The number of pyridine rings is 1. The Morgan fingerprint density at radius 1 is 1.15 bits per heavy atom. The number of alkyl halides is 3. The Balaban J connectivity index is 1.34. The lowest BCUT2D eigenvalue weighted by Crippen LogP contribution is -2.40. The fourth-order valence-electron chi connectivity index (χ4n) is 3.91. The van der Waals surface area contributed by atoms with Gasteiger partial charge in [-0.1, -0.05) is 6.07 Å². The molecule has 5 nitrogen and oxygen atoms in total. The van der Waals surface area contributed by atoms with Crippen LogP contribution in [0.4, 0.5) is 13.2 Å². The van der Waals surface area contributed by atoms with Crippen LogP contribution in [0, 0.1) is 11.8 Å². The van der Waals surface area contributed by atoms with Crippen LogP contribution in [0.3, 0.4) is 0 Å². The first kappa shape index (κ1) is 17.1. The van der Waals surface area contributed by atoms with E-state index >= 15 is 0 Å². The molecule has 3 aromatic heterocycles. The number of hydrogen-bond acceptors (Lipinski definition) is 3. The fourth-order valence-corrected chi connectivity index (χ4v) is 3.91. The Hall–Kier alpha value is -2.38. The Labute approximate surface area is 148 Å². The summed E-state index contributed by atoms with van der Waals surface area (Å²) in [5, 5.41) is 2.00. The van der Waals surface area contributed by atoms with E-state index in [0.717, 1.165) is 54.6 Å². The van der Waals surface area contributed by atoms with Gasteiger partial charge >= 0.3 is 12.1 Å². The van der Waals surface area contributed by atoms with Crippen LogP contribution in [0.1, 0.15) is 31.4 Å². The molecule has 1 N–H and O–H groups in total. The molecule has 26 heavy (non-hydrogen) atoms. The predicted octanol–water partition coefficient (Wildman–Crippen LogP) is 3.35. The number of aromatic nitrogens is 3. The quantitative estimate of drug-likeness (QED) is 0.772. The van der Waals surface area contributed by atoms with Crippen LogP contribution in [-0.4, -0.2) is 33.0 Å². The molecule has 1 fully saturated rings. The summed E-state index contributed by atoms with van der Waals surface area (Å²) < 4.78 is 38.8. The molecule has 138 valence electrons. The van der Waals surface area contributed by atoms with Gasteiger partial charge in [-0.15, -0.1) is 0 Å². The number of nitrogens with one attached hydrogen (secondary N) is 1. The van der Waals surface area contributed by atoms with Gasteiger partial charge in [0.25, 0.3) is 0 Å². The molecule has 3 aromatic rings. The minimum Gasteiger partial charge on any atom is -0.348 e. The van der Waals surface area contributed by atoms with E-state index in [9.17, 15) is 18.0 Å².